The van der Waals surface area contributed by atoms with Crippen molar-refractivity contribution in [3.63, 3.8) is 0 Å². The van der Waals surface area contributed by atoms with Crippen LogP contribution < -0.4 is 10.5 Å². The third-order valence-electron chi connectivity index (χ3n) is 3.80. The molecule has 1 amide bonds. The summed E-state index contributed by atoms with van der Waals surface area (Å²) in [6.45, 7) is 0.330. The van der Waals surface area contributed by atoms with E-state index in [9.17, 15) is 9.59 Å². The first-order valence-corrected chi connectivity index (χ1v) is 9.77. The Hall–Kier alpha value is -2.63. The molecule has 0 radical (unpaired) electrons. The van der Waals surface area contributed by atoms with Gasteiger partial charge in [0, 0.05) is 19.3 Å². The molecule has 0 aliphatic rings. The van der Waals surface area contributed by atoms with E-state index in [1.807, 2.05) is 35.7 Å². The van der Waals surface area contributed by atoms with Crippen molar-refractivity contribution in [2.75, 3.05) is 17.2 Å². The maximum absolute atomic E-state index is 12.7. The SMILES string of the molecule is Cn1c(SCC(=O)N(CCC#N)c2ccccc2)nc2sccc2c1=O. The lowest BCUT2D eigenvalue weighted by Gasteiger charge is -2.21. The van der Waals surface area contributed by atoms with Crippen molar-refractivity contribution in [3.8, 4) is 6.07 Å². The number of carbonyl (C=O) groups excluding carboxylic acids is 1. The highest BCUT2D eigenvalue weighted by Crippen LogP contribution is 2.22. The molecule has 132 valence electrons. The number of benzene rings is 1. The number of nitriles is 1. The van der Waals surface area contributed by atoms with Crippen molar-refractivity contribution in [1.82, 2.24) is 9.55 Å². The van der Waals surface area contributed by atoms with Crippen LogP contribution in [0, 0.1) is 11.3 Å². The van der Waals surface area contributed by atoms with Gasteiger partial charge in [-0.25, -0.2) is 4.98 Å². The molecule has 0 fully saturated rings. The van der Waals surface area contributed by atoms with Crippen LogP contribution in [0.2, 0.25) is 0 Å². The average Bonchev–Trinajstić information content (AvgIpc) is 3.13. The van der Waals surface area contributed by atoms with Gasteiger partial charge in [-0.2, -0.15) is 5.26 Å². The van der Waals surface area contributed by atoms with Gasteiger partial charge < -0.3 is 4.90 Å². The maximum Gasteiger partial charge on any atom is 0.262 e. The first kappa shape index (κ1) is 18.2. The van der Waals surface area contributed by atoms with Crippen LogP contribution in [-0.2, 0) is 11.8 Å². The first-order valence-electron chi connectivity index (χ1n) is 7.91. The zero-order chi connectivity index (χ0) is 18.5. The molecule has 6 nitrogen and oxygen atoms in total. The van der Waals surface area contributed by atoms with Crippen LogP contribution in [0.15, 0.2) is 51.7 Å². The lowest BCUT2D eigenvalue weighted by molar-refractivity contribution is -0.116. The van der Waals surface area contributed by atoms with Gasteiger partial charge in [-0.1, -0.05) is 30.0 Å². The summed E-state index contributed by atoms with van der Waals surface area (Å²) in [6, 6.07) is 13.1. The van der Waals surface area contributed by atoms with Crippen LogP contribution >= 0.6 is 23.1 Å². The van der Waals surface area contributed by atoms with Gasteiger partial charge in [-0.15, -0.1) is 11.3 Å². The van der Waals surface area contributed by atoms with Crippen LogP contribution in [0.5, 0.6) is 0 Å². The molecule has 8 heteroatoms. The van der Waals surface area contributed by atoms with Gasteiger partial charge in [0.15, 0.2) is 5.16 Å². The molecular weight excluding hydrogens is 368 g/mol. The molecule has 0 aliphatic carbocycles. The summed E-state index contributed by atoms with van der Waals surface area (Å²) in [6.07, 6.45) is 0.253. The van der Waals surface area contributed by atoms with Gasteiger partial charge in [0.05, 0.1) is 23.6 Å². The van der Waals surface area contributed by atoms with E-state index in [1.54, 1.807) is 18.0 Å². The van der Waals surface area contributed by atoms with Gasteiger partial charge in [-0.05, 0) is 23.6 Å². The van der Waals surface area contributed by atoms with Crippen molar-refractivity contribution in [2.45, 2.75) is 11.6 Å². The molecule has 26 heavy (non-hydrogen) atoms. The Morgan fingerprint density at radius 2 is 2.12 bits per heavy atom. The zero-order valence-electron chi connectivity index (χ0n) is 14.1. The summed E-state index contributed by atoms with van der Waals surface area (Å²) in [5, 5.41) is 11.8. The van der Waals surface area contributed by atoms with Gasteiger partial charge in [0.25, 0.3) is 5.56 Å². The van der Waals surface area contributed by atoms with E-state index >= 15 is 0 Å². The molecule has 1 aromatic carbocycles. The van der Waals surface area contributed by atoms with Crippen molar-refractivity contribution in [3.05, 3.63) is 52.1 Å². The van der Waals surface area contributed by atoms with E-state index < -0.39 is 0 Å². The molecule has 0 atom stereocenters. The average molecular weight is 384 g/mol. The number of amides is 1. The summed E-state index contributed by atoms with van der Waals surface area (Å²) in [5.41, 5.74) is 0.638. The van der Waals surface area contributed by atoms with Crippen LogP contribution in [0.3, 0.4) is 0 Å². The molecule has 0 saturated heterocycles. The van der Waals surface area contributed by atoms with Crippen molar-refractivity contribution in [2.24, 2.45) is 7.05 Å². The van der Waals surface area contributed by atoms with Crippen LogP contribution in [0.1, 0.15) is 6.42 Å². The predicted molar refractivity (Wildman–Crippen MR) is 105 cm³/mol. The number of thioether (sulfide) groups is 1. The number of hydrogen-bond acceptors (Lipinski definition) is 6. The number of nitrogens with zero attached hydrogens (tertiary/aromatic N) is 4. The molecule has 0 saturated carbocycles. The van der Waals surface area contributed by atoms with Gasteiger partial charge in [0.2, 0.25) is 5.91 Å². The zero-order valence-corrected chi connectivity index (χ0v) is 15.7. The number of anilines is 1. The molecule has 2 heterocycles. The number of rotatable bonds is 6. The predicted octanol–water partition coefficient (Wildman–Crippen LogP) is 3.03. The van der Waals surface area contributed by atoms with E-state index in [0.29, 0.717) is 21.9 Å². The normalized spacial score (nSPS) is 10.6. The van der Waals surface area contributed by atoms with Crippen LogP contribution in [-0.4, -0.2) is 27.8 Å². The van der Waals surface area contributed by atoms with Crippen LogP contribution in [0.25, 0.3) is 10.2 Å². The van der Waals surface area contributed by atoms with E-state index in [2.05, 4.69) is 11.1 Å². The molecule has 3 aromatic rings. The molecule has 0 aliphatic heterocycles. The Balaban J connectivity index is 1.79. The molecule has 2 aromatic heterocycles. The summed E-state index contributed by atoms with van der Waals surface area (Å²) in [7, 11) is 1.66. The Labute approximate surface area is 158 Å². The second-order valence-corrected chi connectivity index (χ2v) is 7.31. The topological polar surface area (TPSA) is 79.0 Å². The third-order valence-corrected chi connectivity index (χ3v) is 5.63. The largest absolute Gasteiger partial charge is 0.311 e. The Bertz CT molecular complexity index is 1020. The van der Waals surface area contributed by atoms with Crippen molar-refractivity contribution < 1.29 is 4.79 Å². The van der Waals surface area contributed by atoms with Crippen LogP contribution in [0.4, 0.5) is 5.69 Å². The fourth-order valence-corrected chi connectivity index (χ4v) is 4.13. The Kier molecular flexibility index (Phi) is 5.71. The molecule has 0 N–H and O–H groups in total. The Morgan fingerprint density at radius 3 is 2.85 bits per heavy atom. The van der Waals surface area contributed by atoms with E-state index in [-0.39, 0.29) is 23.6 Å². The van der Waals surface area contributed by atoms with Gasteiger partial charge >= 0.3 is 0 Å². The maximum atomic E-state index is 12.7. The fraction of sp³-hybridized carbons (Fsp3) is 0.222. The Morgan fingerprint density at radius 1 is 1.35 bits per heavy atom. The standard InChI is InChI=1S/C18H16N4O2S2/c1-21-17(24)14-8-11-25-16(14)20-18(21)26-12-15(23)22(10-5-9-19)13-6-3-2-4-7-13/h2-4,6-8,11H,5,10,12H2,1H3. The van der Waals surface area contributed by atoms with Crippen molar-refractivity contribution >= 4 is 44.9 Å². The highest BCUT2D eigenvalue weighted by atomic mass is 32.2. The second kappa shape index (κ2) is 8.17. The van der Waals surface area contributed by atoms with E-state index in [0.717, 1.165) is 5.69 Å². The molecule has 0 bridgehead atoms. The van der Waals surface area contributed by atoms with E-state index in [1.165, 1.54) is 27.7 Å². The lowest BCUT2D eigenvalue weighted by Crippen LogP contribution is -2.33. The number of para-hydroxylation sites is 1. The number of hydrogen-bond donors (Lipinski definition) is 0. The highest BCUT2D eigenvalue weighted by Gasteiger charge is 2.17. The minimum Gasteiger partial charge on any atom is -0.311 e. The van der Waals surface area contributed by atoms with Gasteiger partial charge in [0.1, 0.15) is 4.83 Å². The number of thiophene rings is 1. The molecule has 0 unspecified atom stereocenters. The second-order valence-electron chi connectivity index (χ2n) is 5.48. The summed E-state index contributed by atoms with van der Waals surface area (Å²) in [4.78, 5) is 31.8. The summed E-state index contributed by atoms with van der Waals surface area (Å²) < 4.78 is 1.47. The number of aromatic nitrogens is 2. The fourth-order valence-electron chi connectivity index (χ4n) is 2.48. The quantitative estimate of drug-likeness (QED) is 0.482. The lowest BCUT2D eigenvalue weighted by atomic mass is 10.2. The van der Waals surface area contributed by atoms with Gasteiger partial charge in [-0.3, -0.25) is 14.2 Å². The minimum atomic E-state index is -0.128. The molecular formula is C18H16N4O2S2. The first-order chi connectivity index (χ1) is 12.6. The number of carbonyl (C=O) groups is 1. The smallest absolute Gasteiger partial charge is 0.262 e. The molecule has 0 spiro atoms. The number of fused-ring (bicyclic) bond motifs is 1. The minimum absolute atomic E-state index is 0.115. The third kappa shape index (κ3) is 3.79. The monoisotopic (exact) mass is 384 g/mol. The van der Waals surface area contributed by atoms with Crippen molar-refractivity contribution in [1.29, 1.82) is 5.26 Å². The summed E-state index contributed by atoms with van der Waals surface area (Å²) >= 11 is 2.63. The molecule has 3 rings (SSSR count). The highest BCUT2D eigenvalue weighted by molar-refractivity contribution is 7.99. The van der Waals surface area contributed by atoms with E-state index in [4.69, 9.17) is 5.26 Å². The summed E-state index contributed by atoms with van der Waals surface area (Å²) in [5.74, 6) is 0.00859.